The largest absolute Gasteiger partial charge is 0.478 e. The minimum Gasteiger partial charge on any atom is -0.478 e. The lowest BCUT2D eigenvalue weighted by Crippen LogP contribution is -2.32. The van der Waals surface area contributed by atoms with Crippen molar-refractivity contribution in [1.82, 2.24) is 0 Å². The Hall–Kier alpha value is -1.12. The van der Waals surface area contributed by atoms with Crippen LogP contribution in [0.15, 0.2) is 11.6 Å². The predicted octanol–water partition coefficient (Wildman–Crippen LogP) is 2.02. The van der Waals surface area contributed by atoms with Gasteiger partial charge < -0.3 is 5.11 Å². The second-order valence-corrected chi connectivity index (χ2v) is 5.41. The maximum absolute atomic E-state index is 12.1. The first-order chi connectivity index (χ1) is 6.80. The van der Waals surface area contributed by atoms with E-state index in [1.165, 1.54) is 0 Å². The number of allylic oxidation sites excluding steroid dienone is 1. The van der Waals surface area contributed by atoms with Gasteiger partial charge in [-0.3, -0.25) is 4.79 Å². The van der Waals surface area contributed by atoms with Gasteiger partial charge in [-0.15, -0.1) is 0 Å². The molecule has 0 aliphatic heterocycles. The molecule has 2 aliphatic carbocycles. The van der Waals surface area contributed by atoms with Gasteiger partial charge in [0.15, 0.2) is 5.78 Å². The zero-order chi connectivity index (χ0) is 11.4. The van der Waals surface area contributed by atoms with Crippen LogP contribution >= 0.6 is 0 Å². The summed E-state index contributed by atoms with van der Waals surface area (Å²) in [5, 5.41) is 8.75. The van der Waals surface area contributed by atoms with Crippen molar-refractivity contribution in [2.24, 2.45) is 16.7 Å². The van der Waals surface area contributed by atoms with Crippen LogP contribution < -0.4 is 0 Å². The van der Waals surface area contributed by atoms with Gasteiger partial charge in [-0.2, -0.15) is 0 Å². The van der Waals surface area contributed by atoms with Crippen molar-refractivity contribution in [3.05, 3.63) is 11.6 Å². The van der Waals surface area contributed by atoms with Gasteiger partial charge in [0.05, 0.1) is 0 Å². The van der Waals surface area contributed by atoms with Crippen LogP contribution in [0, 0.1) is 16.7 Å². The molecule has 2 aliphatic rings. The van der Waals surface area contributed by atoms with E-state index in [9.17, 15) is 9.59 Å². The molecule has 0 saturated heterocycles. The van der Waals surface area contributed by atoms with Gasteiger partial charge in [0.2, 0.25) is 0 Å². The fourth-order valence-corrected chi connectivity index (χ4v) is 3.23. The maximum atomic E-state index is 12.1. The van der Waals surface area contributed by atoms with E-state index in [0.29, 0.717) is 5.57 Å². The van der Waals surface area contributed by atoms with E-state index in [1.54, 1.807) is 0 Å². The first kappa shape index (κ1) is 10.4. The number of carbonyl (C=O) groups excluding carboxylic acids is 1. The SMILES string of the molecule is CC12CCC(C(=CC(=O)O)C1=O)C2(C)C. The summed E-state index contributed by atoms with van der Waals surface area (Å²) in [6.45, 7) is 6.12. The highest BCUT2D eigenvalue weighted by atomic mass is 16.4. The van der Waals surface area contributed by atoms with E-state index < -0.39 is 5.97 Å². The molecule has 0 aromatic rings. The standard InChI is InChI=1S/C12H16O3/c1-11(2)8-4-5-12(11,3)10(15)7(8)6-9(13)14/h6,8H,4-5H2,1-3H3,(H,13,14). The summed E-state index contributed by atoms with van der Waals surface area (Å²) in [6, 6.07) is 0. The first-order valence-corrected chi connectivity index (χ1v) is 5.30. The maximum Gasteiger partial charge on any atom is 0.328 e. The second-order valence-electron chi connectivity index (χ2n) is 5.41. The van der Waals surface area contributed by atoms with Gasteiger partial charge in [0.1, 0.15) is 0 Å². The molecule has 0 heterocycles. The number of ketones is 1. The molecule has 0 amide bonds. The molecule has 2 saturated carbocycles. The summed E-state index contributed by atoms with van der Waals surface area (Å²) in [7, 11) is 0. The number of hydrogen-bond acceptors (Lipinski definition) is 2. The van der Waals surface area contributed by atoms with Crippen LogP contribution in [0.4, 0.5) is 0 Å². The Balaban J connectivity index is 2.52. The van der Waals surface area contributed by atoms with Crippen molar-refractivity contribution in [3.8, 4) is 0 Å². The quantitative estimate of drug-likeness (QED) is 0.671. The number of carboxylic acid groups (broad SMARTS) is 1. The van der Waals surface area contributed by atoms with Crippen molar-refractivity contribution in [2.75, 3.05) is 0 Å². The van der Waals surface area contributed by atoms with Crippen molar-refractivity contribution >= 4 is 11.8 Å². The lowest BCUT2D eigenvalue weighted by atomic mass is 9.70. The molecule has 0 aromatic carbocycles. The lowest BCUT2D eigenvalue weighted by molar-refractivity contribution is -0.132. The molecule has 2 rings (SSSR count). The monoisotopic (exact) mass is 208 g/mol. The second kappa shape index (κ2) is 2.71. The molecule has 2 bridgehead atoms. The number of carboxylic acids is 1. The zero-order valence-corrected chi connectivity index (χ0v) is 9.33. The molecule has 82 valence electrons. The number of rotatable bonds is 1. The Labute approximate surface area is 89.2 Å². The van der Waals surface area contributed by atoms with Crippen LogP contribution in [0.3, 0.4) is 0 Å². The van der Waals surface area contributed by atoms with E-state index in [-0.39, 0.29) is 22.5 Å². The minimum absolute atomic E-state index is 0.0474. The molecule has 15 heavy (non-hydrogen) atoms. The third-order valence-electron chi connectivity index (χ3n) is 4.64. The topological polar surface area (TPSA) is 54.4 Å². The molecule has 0 aromatic heterocycles. The molecule has 0 spiro atoms. The summed E-state index contributed by atoms with van der Waals surface area (Å²) in [6.07, 6.45) is 2.94. The van der Waals surface area contributed by atoms with Gasteiger partial charge in [-0.05, 0) is 24.2 Å². The van der Waals surface area contributed by atoms with E-state index in [1.807, 2.05) is 6.92 Å². The number of Topliss-reactive ketones (excluding diaryl/α,β-unsaturated/α-hetero) is 1. The summed E-state index contributed by atoms with van der Waals surface area (Å²) < 4.78 is 0. The third-order valence-corrected chi connectivity index (χ3v) is 4.64. The molecule has 2 fully saturated rings. The molecule has 3 nitrogen and oxygen atoms in total. The van der Waals surface area contributed by atoms with Crippen molar-refractivity contribution in [3.63, 3.8) is 0 Å². The van der Waals surface area contributed by atoms with Crippen LogP contribution in [-0.2, 0) is 9.59 Å². The van der Waals surface area contributed by atoms with E-state index >= 15 is 0 Å². The van der Waals surface area contributed by atoms with Gasteiger partial charge >= 0.3 is 5.97 Å². The average Bonchev–Trinajstić information content (AvgIpc) is 2.40. The molecule has 2 atom stereocenters. The van der Waals surface area contributed by atoms with Crippen LogP contribution in [0.25, 0.3) is 0 Å². The first-order valence-electron chi connectivity index (χ1n) is 5.30. The Kier molecular flexibility index (Phi) is 1.88. The Morgan fingerprint density at radius 3 is 2.47 bits per heavy atom. The van der Waals surface area contributed by atoms with E-state index in [4.69, 9.17) is 5.11 Å². The zero-order valence-electron chi connectivity index (χ0n) is 9.33. The highest BCUT2D eigenvalue weighted by Gasteiger charge is 2.64. The van der Waals surface area contributed by atoms with Crippen molar-refractivity contribution in [1.29, 1.82) is 0 Å². The molecule has 0 radical (unpaired) electrons. The van der Waals surface area contributed by atoms with Gasteiger partial charge in [-0.25, -0.2) is 4.79 Å². The molecule has 1 N–H and O–H groups in total. The smallest absolute Gasteiger partial charge is 0.328 e. The number of carbonyl (C=O) groups is 2. The molecule has 2 unspecified atom stereocenters. The summed E-state index contributed by atoms with van der Waals surface area (Å²) in [5.74, 6) is -0.831. The Morgan fingerprint density at radius 1 is 1.47 bits per heavy atom. The summed E-state index contributed by atoms with van der Waals surface area (Å²) >= 11 is 0. The molecule has 3 heteroatoms. The minimum atomic E-state index is -1.01. The summed E-state index contributed by atoms with van der Waals surface area (Å²) in [5.41, 5.74) is 0.0888. The van der Waals surface area contributed by atoms with E-state index in [0.717, 1.165) is 18.9 Å². The van der Waals surface area contributed by atoms with Crippen LogP contribution in [0.5, 0.6) is 0 Å². The van der Waals surface area contributed by atoms with Gasteiger partial charge in [0, 0.05) is 17.1 Å². The van der Waals surface area contributed by atoms with Crippen LogP contribution in [-0.4, -0.2) is 16.9 Å². The fourth-order valence-electron chi connectivity index (χ4n) is 3.23. The van der Waals surface area contributed by atoms with Crippen LogP contribution in [0.1, 0.15) is 33.6 Å². The fraction of sp³-hybridized carbons (Fsp3) is 0.667. The van der Waals surface area contributed by atoms with E-state index in [2.05, 4.69) is 13.8 Å². The predicted molar refractivity (Wildman–Crippen MR) is 55.3 cm³/mol. The summed E-state index contributed by atoms with van der Waals surface area (Å²) in [4.78, 5) is 22.8. The Bertz CT molecular complexity index is 378. The normalized spacial score (nSPS) is 40.1. The number of aliphatic carboxylic acids is 1. The van der Waals surface area contributed by atoms with Crippen molar-refractivity contribution < 1.29 is 14.7 Å². The molecular formula is C12H16O3. The molecular weight excluding hydrogens is 192 g/mol. The highest BCUT2D eigenvalue weighted by Crippen LogP contribution is 2.65. The van der Waals surface area contributed by atoms with Gasteiger partial charge in [0.25, 0.3) is 0 Å². The number of hydrogen-bond donors (Lipinski definition) is 1. The highest BCUT2D eigenvalue weighted by molar-refractivity contribution is 6.07. The third kappa shape index (κ3) is 1.06. The number of fused-ring (bicyclic) bond motifs is 2. The van der Waals surface area contributed by atoms with Gasteiger partial charge in [-0.1, -0.05) is 20.8 Å². The Morgan fingerprint density at radius 2 is 2.07 bits per heavy atom. The lowest BCUT2D eigenvalue weighted by Gasteiger charge is -2.31. The van der Waals surface area contributed by atoms with Crippen LogP contribution in [0.2, 0.25) is 0 Å². The average molecular weight is 208 g/mol. The van der Waals surface area contributed by atoms with Crippen molar-refractivity contribution in [2.45, 2.75) is 33.6 Å².